The zero-order chi connectivity index (χ0) is 19.2. The number of hydrogen-bond acceptors (Lipinski definition) is 4. The number of hydrogen-bond donors (Lipinski definition) is 1. The second kappa shape index (κ2) is 9.22. The average molecular weight is 388 g/mol. The van der Waals surface area contributed by atoms with Gasteiger partial charge >= 0.3 is 0 Å². The summed E-state index contributed by atoms with van der Waals surface area (Å²) in [5.41, 5.74) is 1.98. The van der Waals surface area contributed by atoms with Crippen molar-refractivity contribution in [3.05, 3.63) is 59.1 Å². The summed E-state index contributed by atoms with van der Waals surface area (Å²) in [6.07, 6.45) is 0. The van der Waals surface area contributed by atoms with Gasteiger partial charge in [0.1, 0.15) is 5.75 Å². The fourth-order valence-corrected chi connectivity index (χ4v) is 3.53. The first-order valence-corrected chi connectivity index (χ1v) is 9.59. The van der Waals surface area contributed by atoms with Gasteiger partial charge in [-0.25, -0.2) is 0 Å². The van der Waals surface area contributed by atoms with Crippen LogP contribution in [0.4, 0.5) is 5.69 Å². The summed E-state index contributed by atoms with van der Waals surface area (Å²) in [6, 6.07) is 15.2. The van der Waals surface area contributed by atoms with Crippen molar-refractivity contribution >= 4 is 23.2 Å². The lowest BCUT2D eigenvalue weighted by Gasteiger charge is -2.37. The van der Waals surface area contributed by atoms with Crippen LogP contribution in [-0.4, -0.2) is 55.0 Å². The van der Waals surface area contributed by atoms with Gasteiger partial charge in [0, 0.05) is 49.5 Å². The first-order valence-electron chi connectivity index (χ1n) is 9.21. The van der Waals surface area contributed by atoms with Gasteiger partial charge in [-0.15, -0.1) is 0 Å². The van der Waals surface area contributed by atoms with E-state index in [2.05, 4.69) is 21.2 Å². The highest BCUT2D eigenvalue weighted by molar-refractivity contribution is 6.30. The van der Waals surface area contributed by atoms with E-state index in [1.807, 2.05) is 49.4 Å². The van der Waals surface area contributed by atoms with E-state index in [1.165, 1.54) is 5.56 Å². The van der Waals surface area contributed by atoms with Crippen LogP contribution in [0.5, 0.6) is 5.75 Å². The second-order valence-corrected chi connectivity index (χ2v) is 7.28. The largest absolute Gasteiger partial charge is 0.497 e. The molecule has 3 rings (SSSR count). The van der Waals surface area contributed by atoms with Crippen LogP contribution in [0.15, 0.2) is 48.5 Å². The maximum atomic E-state index is 12.6. The maximum absolute atomic E-state index is 12.6. The third-order valence-corrected chi connectivity index (χ3v) is 5.20. The molecule has 1 heterocycles. The molecular formula is C21H26ClN3O2. The van der Waals surface area contributed by atoms with E-state index >= 15 is 0 Å². The monoisotopic (exact) mass is 387 g/mol. The van der Waals surface area contributed by atoms with Crippen LogP contribution in [0, 0.1) is 0 Å². The third kappa shape index (κ3) is 5.45. The summed E-state index contributed by atoms with van der Waals surface area (Å²) < 4.78 is 5.21. The lowest BCUT2D eigenvalue weighted by atomic mass is 10.1. The molecule has 1 aliphatic rings. The number of methoxy groups -OCH3 is 1. The van der Waals surface area contributed by atoms with Crippen molar-refractivity contribution in [2.45, 2.75) is 19.5 Å². The molecule has 0 unspecified atom stereocenters. The molecule has 0 radical (unpaired) electrons. The fraction of sp³-hybridized carbons (Fsp3) is 0.381. The number of carbonyl (C=O) groups is 1. The number of carbonyl (C=O) groups excluding carboxylic acids is 1. The van der Waals surface area contributed by atoms with E-state index in [9.17, 15) is 4.79 Å². The maximum Gasteiger partial charge on any atom is 0.241 e. The smallest absolute Gasteiger partial charge is 0.241 e. The molecule has 1 N–H and O–H groups in total. The first kappa shape index (κ1) is 19.7. The van der Waals surface area contributed by atoms with E-state index in [0.29, 0.717) is 0 Å². The van der Waals surface area contributed by atoms with E-state index in [-0.39, 0.29) is 11.9 Å². The van der Waals surface area contributed by atoms with Gasteiger partial charge in [0.05, 0.1) is 13.2 Å². The lowest BCUT2D eigenvalue weighted by Crippen LogP contribution is -2.52. The quantitative estimate of drug-likeness (QED) is 0.824. The second-order valence-electron chi connectivity index (χ2n) is 6.84. The summed E-state index contributed by atoms with van der Waals surface area (Å²) in [5, 5.41) is 3.75. The van der Waals surface area contributed by atoms with Gasteiger partial charge < -0.3 is 10.1 Å². The van der Waals surface area contributed by atoms with Crippen LogP contribution in [0.2, 0.25) is 5.02 Å². The molecule has 5 nitrogen and oxygen atoms in total. The van der Waals surface area contributed by atoms with Crippen molar-refractivity contribution in [1.82, 2.24) is 9.80 Å². The minimum atomic E-state index is -0.176. The molecule has 0 aliphatic carbocycles. The molecule has 1 fully saturated rings. The minimum absolute atomic E-state index is 0.00606. The lowest BCUT2D eigenvalue weighted by molar-refractivity contribution is -0.121. The third-order valence-electron chi connectivity index (χ3n) is 4.97. The molecule has 1 aliphatic heterocycles. The molecule has 2 aromatic carbocycles. The molecular weight excluding hydrogens is 362 g/mol. The topological polar surface area (TPSA) is 44.8 Å². The molecule has 144 valence electrons. The molecule has 0 spiro atoms. The standard InChI is InChI=1S/C21H26ClN3O2/c1-16(21(26)23-19-7-4-8-20(14-19)27-2)25-11-9-24(10-12-25)15-17-5-3-6-18(22)13-17/h3-8,13-14,16H,9-12,15H2,1-2H3,(H,23,26)/t16-/m0/s1. The Hall–Kier alpha value is -2.08. The molecule has 0 bridgehead atoms. The van der Waals surface area contributed by atoms with Gasteiger partial charge in [-0.1, -0.05) is 29.8 Å². The van der Waals surface area contributed by atoms with E-state index < -0.39 is 0 Å². The van der Waals surface area contributed by atoms with E-state index in [1.54, 1.807) is 7.11 Å². The van der Waals surface area contributed by atoms with Gasteiger partial charge in [-0.05, 0) is 36.8 Å². The number of rotatable bonds is 6. The number of nitrogens with one attached hydrogen (secondary N) is 1. The van der Waals surface area contributed by atoms with Crippen LogP contribution in [-0.2, 0) is 11.3 Å². The normalized spacial score (nSPS) is 16.7. The van der Waals surface area contributed by atoms with Crippen molar-refractivity contribution in [2.24, 2.45) is 0 Å². The summed E-state index contributed by atoms with van der Waals surface area (Å²) in [7, 11) is 1.62. The van der Waals surface area contributed by atoms with Crippen molar-refractivity contribution in [3.63, 3.8) is 0 Å². The van der Waals surface area contributed by atoms with Crippen molar-refractivity contribution in [1.29, 1.82) is 0 Å². The predicted octanol–water partition coefficient (Wildman–Crippen LogP) is 3.49. The highest BCUT2D eigenvalue weighted by Gasteiger charge is 2.25. The molecule has 2 aromatic rings. The molecule has 0 aromatic heterocycles. The number of ether oxygens (including phenoxy) is 1. The zero-order valence-electron chi connectivity index (χ0n) is 15.8. The van der Waals surface area contributed by atoms with Crippen LogP contribution in [0.3, 0.4) is 0 Å². The first-order chi connectivity index (χ1) is 13.0. The van der Waals surface area contributed by atoms with Crippen molar-refractivity contribution in [3.8, 4) is 5.75 Å². The Labute approximate surface area is 165 Å². The number of anilines is 1. The van der Waals surface area contributed by atoms with E-state index in [4.69, 9.17) is 16.3 Å². The minimum Gasteiger partial charge on any atom is -0.497 e. The SMILES string of the molecule is COc1cccc(NC(=O)[C@H](C)N2CCN(Cc3cccc(Cl)c3)CC2)c1. The van der Waals surface area contributed by atoms with Crippen LogP contribution in [0.25, 0.3) is 0 Å². The number of halogens is 1. The van der Waals surface area contributed by atoms with E-state index in [0.717, 1.165) is 49.2 Å². The van der Waals surface area contributed by atoms with Gasteiger partial charge in [0.15, 0.2) is 0 Å². The predicted molar refractivity (Wildman–Crippen MR) is 109 cm³/mol. The molecule has 0 saturated carbocycles. The number of nitrogens with zero attached hydrogens (tertiary/aromatic N) is 2. The van der Waals surface area contributed by atoms with Gasteiger partial charge in [0.2, 0.25) is 5.91 Å². The highest BCUT2D eigenvalue weighted by atomic mass is 35.5. The summed E-state index contributed by atoms with van der Waals surface area (Å²) in [5.74, 6) is 0.738. The van der Waals surface area contributed by atoms with Gasteiger partial charge in [0.25, 0.3) is 0 Å². The Kier molecular flexibility index (Phi) is 6.72. The molecule has 27 heavy (non-hydrogen) atoms. The van der Waals surface area contributed by atoms with Crippen molar-refractivity contribution in [2.75, 3.05) is 38.6 Å². The Morgan fingerprint density at radius 2 is 1.89 bits per heavy atom. The van der Waals surface area contributed by atoms with Gasteiger partial charge in [-0.2, -0.15) is 0 Å². The fourth-order valence-electron chi connectivity index (χ4n) is 3.32. The van der Waals surface area contributed by atoms with Crippen molar-refractivity contribution < 1.29 is 9.53 Å². The highest BCUT2D eigenvalue weighted by Crippen LogP contribution is 2.18. The molecule has 6 heteroatoms. The Morgan fingerprint density at radius 1 is 1.15 bits per heavy atom. The summed E-state index contributed by atoms with van der Waals surface area (Å²) in [6.45, 7) is 6.45. The summed E-state index contributed by atoms with van der Waals surface area (Å²) >= 11 is 6.07. The number of amides is 1. The zero-order valence-corrected chi connectivity index (χ0v) is 16.6. The van der Waals surface area contributed by atoms with Gasteiger partial charge in [-0.3, -0.25) is 14.6 Å². The Bertz CT molecular complexity index is 776. The molecule has 1 saturated heterocycles. The average Bonchev–Trinajstić information content (AvgIpc) is 2.68. The molecule has 1 atom stereocenters. The van der Waals surface area contributed by atoms with Crippen LogP contribution < -0.4 is 10.1 Å². The number of piperazine rings is 1. The van der Waals surface area contributed by atoms with Crippen LogP contribution >= 0.6 is 11.6 Å². The van der Waals surface area contributed by atoms with Crippen LogP contribution in [0.1, 0.15) is 12.5 Å². The Morgan fingerprint density at radius 3 is 2.59 bits per heavy atom. The Balaban J connectivity index is 1.50. The summed E-state index contributed by atoms with van der Waals surface area (Å²) in [4.78, 5) is 17.2. The molecule has 1 amide bonds. The number of benzene rings is 2.